The summed E-state index contributed by atoms with van der Waals surface area (Å²) in [6, 6.07) is 3.50. The van der Waals surface area contributed by atoms with Crippen LogP contribution in [0.15, 0.2) is 12.1 Å². The molecule has 1 aliphatic carbocycles. The number of hydrogen-bond donors (Lipinski definition) is 3. The molecule has 0 amide bonds. The van der Waals surface area contributed by atoms with E-state index in [0.717, 1.165) is 24.2 Å². The molecular formula is C21H33NO3. The van der Waals surface area contributed by atoms with Crippen molar-refractivity contribution in [3.05, 3.63) is 23.3 Å². The molecule has 1 aromatic carbocycles. The summed E-state index contributed by atoms with van der Waals surface area (Å²) in [5.74, 6) is 0.613. The van der Waals surface area contributed by atoms with Crippen molar-refractivity contribution in [2.75, 3.05) is 13.1 Å². The van der Waals surface area contributed by atoms with Crippen LogP contribution in [0.1, 0.15) is 75.5 Å². The monoisotopic (exact) mass is 347 g/mol. The minimum Gasteiger partial charge on any atom is -0.504 e. The van der Waals surface area contributed by atoms with Gasteiger partial charge >= 0.3 is 0 Å². The van der Waals surface area contributed by atoms with Crippen LogP contribution >= 0.6 is 0 Å². The molecule has 0 spiro atoms. The Morgan fingerprint density at radius 1 is 1.12 bits per heavy atom. The molecule has 1 aliphatic heterocycles. The van der Waals surface area contributed by atoms with Crippen molar-refractivity contribution >= 4 is 0 Å². The number of nitrogens with one attached hydrogen (secondary N) is 1. The maximum atomic E-state index is 10.4. The molecule has 25 heavy (non-hydrogen) atoms. The van der Waals surface area contributed by atoms with Gasteiger partial charge in [0.25, 0.3) is 0 Å². The van der Waals surface area contributed by atoms with Gasteiger partial charge in [-0.25, -0.2) is 0 Å². The number of rotatable bonds is 7. The summed E-state index contributed by atoms with van der Waals surface area (Å²) < 4.78 is 6.50. The standard InChI is InChI=1S/C21H33NO3/c1-2-3-7-12-22-14-20-16-10-11-18(23)21(24)17(16)13-19(25-20)15-8-5-4-6-9-15/h10-11,15,19-20,22-24H,2-9,12-14H2,1H3. The van der Waals surface area contributed by atoms with Crippen LogP contribution in [0, 0.1) is 5.92 Å². The van der Waals surface area contributed by atoms with Gasteiger partial charge in [0.1, 0.15) is 0 Å². The van der Waals surface area contributed by atoms with Crippen LogP contribution in [-0.4, -0.2) is 29.4 Å². The average molecular weight is 347 g/mol. The van der Waals surface area contributed by atoms with Gasteiger partial charge < -0.3 is 20.3 Å². The number of fused-ring (bicyclic) bond motifs is 1. The number of unbranched alkanes of at least 4 members (excludes halogenated alkanes) is 2. The van der Waals surface area contributed by atoms with Gasteiger partial charge in [0.2, 0.25) is 0 Å². The minimum atomic E-state index is -0.0381. The quantitative estimate of drug-likeness (QED) is 0.504. The zero-order chi connectivity index (χ0) is 17.6. The molecule has 3 rings (SSSR count). The summed E-state index contributed by atoms with van der Waals surface area (Å²) in [7, 11) is 0. The molecular weight excluding hydrogens is 314 g/mol. The molecule has 0 saturated heterocycles. The Morgan fingerprint density at radius 3 is 2.68 bits per heavy atom. The van der Waals surface area contributed by atoms with E-state index in [2.05, 4.69) is 12.2 Å². The van der Waals surface area contributed by atoms with Crippen LogP contribution in [0.25, 0.3) is 0 Å². The topological polar surface area (TPSA) is 61.7 Å². The van der Waals surface area contributed by atoms with Crippen molar-refractivity contribution in [1.82, 2.24) is 5.32 Å². The summed E-state index contributed by atoms with van der Waals surface area (Å²) in [6.45, 7) is 3.98. The van der Waals surface area contributed by atoms with Crippen LogP contribution < -0.4 is 5.32 Å². The maximum absolute atomic E-state index is 10.4. The number of phenols is 2. The molecule has 1 heterocycles. The van der Waals surface area contributed by atoms with Gasteiger partial charge in [0.05, 0.1) is 12.2 Å². The lowest BCUT2D eigenvalue weighted by molar-refractivity contribution is -0.0626. The third-order valence-electron chi connectivity index (χ3n) is 5.85. The van der Waals surface area contributed by atoms with Crippen LogP contribution in [0.5, 0.6) is 11.5 Å². The minimum absolute atomic E-state index is 0.0160. The summed E-state index contributed by atoms with van der Waals surface area (Å²) in [4.78, 5) is 0. The Bertz CT molecular complexity index is 554. The summed E-state index contributed by atoms with van der Waals surface area (Å²) in [5, 5.41) is 23.8. The summed E-state index contributed by atoms with van der Waals surface area (Å²) in [6.07, 6.45) is 10.8. The molecule has 1 aromatic rings. The van der Waals surface area contributed by atoms with Crippen LogP contribution in [0.3, 0.4) is 0 Å². The Balaban J connectivity index is 1.72. The molecule has 4 nitrogen and oxygen atoms in total. The largest absolute Gasteiger partial charge is 0.504 e. The highest BCUT2D eigenvalue weighted by atomic mass is 16.5. The van der Waals surface area contributed by atoms with E-state index in [9.17, 15) is 10.2 Å². The van der Waals surface area contributed by atoms with Crippen LogP contribution in [0.4, 0.5) is 0 Å². The van der Waals surface area contributed by atoms with Gasteiger partial charge in [0.15, 0.2) is 11.5 Å². The number of benzene rings is 1. The van der Waals surface area contributed by atoms with E-state index < -0.39 is 0 Å². The molecule has 3 N–H and O–H groups in total. The fourth-order valence-corrected chi connectivity index (χ4v) is 4.36. The first kappa shape index (κ1) is 18.5. The maximum Gasteiger partial charge on any atom is 0.161 e. The first-order chi connectivity index (χ1) is 12.2. The highest BCUT2D eigenvalue weighted by Crippen LogP contribution is 2.43. The van der Waals surface area contributed by atoms with Gasteiger partial charge in [-0.2, -0.15) is 0 Å². The van der Waals surface area contributed by atoms with E-state index in [4.69, 9.17) is 4.74 Å². The zero-order valence-corrected chi connectivity index (χ0v) is 15.5. The molecule has 1 saturated carbocycles. The lowest BCUT2D eigenvalue weighted by Crippen LogP contribution is -2.37. The lowest BCUT2D eigenvalue weighted by atomic mass is 9.80. The van der Waals surface area contributed by atoms with Crippen molar-refractivity contribution in [3.8, 4) is 11.5 Å². The SMILES string of the molecule is CCCCCNCC1OC(C2CCCCC2)Cc2c1ccc(O)c2O. The number of phenolic OH excluding ortho intramolecular Hbond substituents is 2. The Kier molecular flexibility index (Phi) is 6.60. The average Bonchev–Trinajstić information content (AvgIpc) is 2.65. The fourth-order valence-electron chi connectivity index (χ4n) is 4.36. The van der Waals surface area contributed by atoms with Crippen molar-refractivity contribution in [2.45, 2.75) is 76.9 Å². The lowest BCUT2D eigenvalue weighted by Gasteiger charge is -2.38. The van der Waals surface area contributed by atoms with Gasteiger partial charge in [-0.3, -0.25) is 0 Å². The first-order valence-corrected chi connectivity index (χ1v) is 10.1. The normalized spacial score (nSPS) is 24.2. The van der Waals surface area contributed by atoms with Gasteiger partial charge in [-0.15, -0.1) is 0 Å². The molecule has 1 fully saturated rings. The number of ether oxygens (including phenoxy) is 1. The summed E-state index contributed by atoms with van der Waals surface area (Å²) >= 11 is 0. The van der Waals surface area contributed by atoms with Crippen molar-refractivity contribution < 1.29 is 14.9 Å². The third kappa shape index (κ3) is 4.48. The Morgan fingerprint density at radius 2 is 1.92 bits per heavy atom. The highest BCUT2D eigenvalue weighted by molar-refractivity contribution is 5.51. The van der Waals surface area contributed by atoms with E-state index in [0.29, 0.717) is 12.3 Å². The van der Waals surface area contributed by atoms with Crippen molar-refractivity contribution in [2.24, 2.45) is 5.92 Å². The van der Waals surface area contributed by atoms with Gasteiger partial charge in [-0.1, -0.05) is 45.1 Å². The predicted molar refractivity (Wildman–Crippen MR) is 100 cm³/mol. The van der Waals surface area contributed by atoms with Crippen LogP contribution in [-0.2, 0) is 11.2 Å². The molecule has 2 atom stereocenters. The van der Waals surface area contributed by atoms with Crippen molar-refractivity contribution in [1.29, 1.82) is 0 Å². The predicted octanol–water partition coefficient (Wildman–Crippen LogP) is 4.44. The fraction of sp³-hybridized carbons (Fsp3) is 0.714. The molecule has 4 heteroatoms. The Hall–Kier alpha value is -1.26. The molecule has 0 bridgehead atoms. The van der Waals surface area contributed by atoms with E-state index in [1.54, 1.807) is 6.07 Å². The highest BCUT2D eigenvalue weighted by Gasteiger charge is 2.35. The molecule has 140 valence electrons. The number of aromatic hydroxyl groups is 2. The third-order valence-corrected chi connectivity index (χ3v) is 5.85. The smallest absolute Gasteiger partial charge is 0.161 e. The van der Waals surface area contributed by atoms with Crippen molar-refractivity contribution in [3.63, 3.8) is 0 Å². The van der Waals surface area contributed by atoms with Gasteiger partial charge in [0, 0.05) is 18.5 Å². The van der Waals surface area contributed by atoms with E-state index in [-0.39, 0.29) is 23.7 Å². The molecule has 0 radical (unpaired) electrons. The van der Waals surface area contributed by atoms with Gasteiger partial charge in [-0.05, 0) is 43.4 Å². The second-order valence-electron chi connectivity index (χ2n) is 7.68. The van der Waals surface area contributed by atoms with E-state index in [1.165, 1.54) is 51.4 Å². The first-order valence-electron chi connectivity index (χ1n) is 10.1. The second kappa shape index (κ2) is 8.91. The van der Waals surface area contributed by atoms with E-state index >= 15 is 0 Å². The Labute approximate surface area is 151 Å². The number of hydrogen-bond acceptors (Lipinski definition) is 4. The van der Waals surface area contributed by atoms with Crippen LogP contribution in [0.2, 0.25) is 0 Å². The second-order valence-corrected chi connectivity index (χ2v) is 7.68. The zero-order valence-electron chi connectivity index (χ0n) is 15.5. The van der Waals surface area contributed by atoms with E-state index in [1.807, 2.05) is 6.07 Å². The molecule has 0 aromatic heterocycles. The molecule has 2 aliphatic rings. The molecule has 2 unspecified atom stereocenters. The summed E-state index contributed by atoms with van der Waals surface area (Å²) in [5.41, 5.74) is 1.92.